The maximum absolute atomic E-state index is 11.8. The molecule has 0 radical (unpaired) electrons. The molecule has 0 bridgehead atoms. The maximum atomic E-state index is 11.8. The van der Waals surface area contributed by atoms with Gasteiger partial charge >= 0.3 is 13.1 Å². The van der Waals surface area contributed by atoms with Crippen molar-refractivity contribution in [1.82, 2.24) is 10.6 Å². The fourth-order valence-corrected chi connectivity index (χ4v) is 2.81. The Kier molecular flexibility index (Phi) is 6.07. The van der Waals surface area contributed by atoms with Crippen molar-refractivity contribution in [3.63, 3.8) is 0 Å². The van der Waals surface area contributed by atoms with Crippen LogP contribution in [0.2, 0.25) is 6.32 Å². The summed E-state index contributed by atoms with van der Waals surface area (Å²) < 4.78 is 4.84. The lowest BCUT2D eigenvalue weighted by Gasteiger charge is -2.33. The van der Waals surface area contributed by atoms with E-state index in [0.717, 1.165) is 19.4 Å². The van der Waals surface area contributed by atoms with Gasteiger partial charge in [-0.3, -0.25) is 4.79 Å². The number of nitrogens with one attached hydrogen (secondary N) is 2. The lowest BCUT2D eigenvalue weighted by molar-refractivity contribution is -0.145. The molecule has 6 nitrogen and oxygen atoms in total. The Morgan fingerprint density at radius 1 is 1.61 bits per heavy atom. The van der Waals surface area contributed by atoms with Crippen LogP contribution < -0.4 is 10.6 Å². The van der Waals surface area contributed by atoms with Crippen molar-refractivity contribution in [2.24, 2.45) is 5.41 Å². The lowest BCUT2D eigenvalue weighted by atomic mass is 9.72. The number of methoxy groups -OCH3 is 1. The summed E-state index contributed by atoms with van der Waals surface area (Å²) >= 11 is 0. The number of hydrogen-bond donors (Lipinski definition) is 4. The van der Waals surface area contributed by atoms with Crippen LogP contribution in [0.15, 0.2) is 0 Å². The second kappa shape index (κ2) is 7.08. The molecule has 1 rings (SSSR count). The van der Waals surface area contributed by atoms with Crippen LogP contribution in [-0.4, -0.2) is 56.4 Å². The predicted octanol–water partition coefficient (Wildman–Crippen LogP) is -1.02. The first-order valence-electron chi connectivity index (χ1n) is 6.37. The molecule has 0 spiro atoms. The molecule has 18 heavy (non-hydrogen) atoms. The molecular weight excluding hydrogens is 235 g/mol. The molecule has 0 aromatic carbocycles. The molecule has 1 aliphatic rings. The van der Waals surface area contributed by atoms with Crippen LogP contribution >= 0.6 is 0 Å². The highest BCUT2D eigenvalue weighted by atomic mass is 16.5. The zero-order valence-corrected chi connectivity index (χ0v) is 11.1. The standard InChI is InChI=1S/C11H23BN2O4/c1-13-8-11(4-3-6-12(16)17)5-7-14-9(11)10(15)18-2/h9,13-14,16-17H,3-8H2,1-2H3/t9-,11-/m1/s1. The summed E-state index contributed by atoms with van der Waals surface area (Å²) in [7, 11) is 1.97. The largest absolute Gasteiger partial charge is 0.468 e. The fourth-order valence-electron chi connectivity index (χ4n) is 2.81. The second-order valence-electron chi connectivity index (χ2n) is 4.93. The third kappa shape index (κ3) is 3.68. The van der Waals surface area contributed by atoms with Gasteiger partial charge in [-0.05, 0) is 32.8 Å². The van der Waals surface area contributed by atoms with Gasteiger partial charge in [0.05, 0.1) is 7.11 Å². The van der Waals surface area contributed by atoms with Crippen LogP contribution in [0, 0.1) is 5.41 Å². The van der Waals surface area contributed by atoms with E-state index in [1.165, 1.54) is 7.11 Å². The summed E-state index contributed by atoms with van der Waals surface area (Å²) in [4.78, 5) is 11.8. The molecular formula is C11H23BN2O4. The van der Waals surface area contributed by atoms with Gasteiger partial charge in [0.2, 0.25) is 0 Å². The molecule has 104 valence electrons. The minimum absolute atomic E-state index is 0.198. The van der Waals surface area contributed by atoms with Gasteiger partial charge in [0.1, 0.15) is 6.04 Å². The summed E-state index contributed by atoms with van der Waals surface area (Å²) in [5, 5.41) is 24.1. The van der Waals surface area contributed by atoms with Crippen LogP contribution in [0.4, 0.5) is 0 Å². The van der Waals surface area contributed by atoms with Gasteiger partial charge in [-0.25, -0.2) is 0 Å². The summed E-state index contributed by atoms with van der Waals surface area (Å²) in [6, 6.07) is -0.314. The monoisotopic (exact) mass is 258 g/mol. The highest BCUT2D eigenvalue weighted by Gasteiger charge is 2.46. The summed E-state index contributed by atoms with van der Waals surface area (Å²) in [6.45, 7) is 1.49. The third-order valence-corrected chi connectivity index (χ3v) is 3.69. The topological polar surface area (TPSA) is 90.8 Å². The van der Waals surface area contributed by atoms with E-state index in [-0.39, 0.29) is 17.4 Å². The van der Waals surface area contributed by atoms with Crippen molar-refractivity contribution in [2.45, 2.75) is 31.6 Å². The predicted molar refractivity (Wildman–Crippen MR) is 69.0 cm³/mol. The average Bonchev–Trinajstić information content (AvgIpc) is 2.72. The minimum atomic E-state index is -1.28. The normalized spacial score (nSPS) is 27.2. The van der Waals surface area contributed by atoms with Crippen LogP contribution in [0.3, 0.4) is 0 Å². The molecule has 1 saturated heterocycles. The summed E-state index contributed by atoms with van der Waals surface area (Å²) in [6.07, 6.45) is 2.65. The van der Waals surface area contributed by atoms with Crippen molar-refractivity contribution in [3.8, 4) is 0 Å². The van der Waals surface area contributed by atoms with Crippen molar-refractivity contribution in [3.05, 3.63) is 0 Å². The second-order valence-corrected chi connectivity index (χ2v) is 4.93. The zero-order chi connectivity index (χ0) is 13.6. The molecule has 0 aromatic heterocycles. The number of carbonyl (C=O) groups is 1. The number of carbonyl (C=O) groups excluding carboxylic acids is 1. The number of esters is 1. The Balaban J connectivity index is 2.68. The maximum Gasteiger partial charge on any atom is 0.451 e. The van der Waals surface area contributed by atoms with E-state index < -0.39 is 7.12 Å². The Morgan fingerprint density at radius 2 is 2.33 bits per heavy atom. The van der Waals surface area contributed by atoms with E-state index in [9.17, 15) is 4.79 Å². The average molecular weight is 258 g/mol. The molecule has 4 N–H and O–H groups in total. The van der Waals surface area contributed by atoms with Gasteiger partial charge in [0, 0.05) is 12.0 Å². The molecule has 1 heterocycles. The van der Waals surface area contributed by atoms with Crippen molar-refractivity contribution in [2.75, 3.05) is 27.2 Å². The number of ether oxygens (including phenoxy) is 1. The van der Waals surface area contributed by atoms with E-state index in [4.69, 9.17) is 14.8 Å². The first kappa shape index (κ1) is 15.4. The summed E-state index contributed by atoms with van der Waals surface area (Å²) in [5.74, 6) is -0.243. The van der Waals surface area contributed by atoms with E-state index in [1.54, 1.807) is 0 Å². The van der Waals surface area contributed by atoms with Gasteiger partial charge < -0.3 is 25.4 Å². The fraction of sp³-hybridized carbons (Fsp3) is 0.909. The molecule has 1 aliphatic heterocycles. The first-order chi connectivity index (χ1) is 8.55. The third-order valence-electron chi connectivity index (χ3n) is 3.69. The number of rotatable bonds is 7. The van der Waals surface area contributed by atoms with E-state index >= 15 is 0 Å². The number of hydrogen-bond acceptors (Lipinski definition) is 6. The first-order valence-corrected chi connectivity index (χ1v) is 6.37. The highest BCUT2D eigenvalue weighted by Crippen LogP contribution is 2.37. The van der Waals surface area contributed by atoms with Crippen LogP contribution in [0.25, 0.3) is 0 Å². The molecule has 1 fully saturated rings. The Morgan fingerprint density at radius 3 is 2.89 bits per heavy atom. The van der Waals surface area contributed by atoms with E-state index in [2.05, 4.69) is 10.6 Å². The van der Waals surface area contributed by atoms with Gasteiger partial charge in [0.15, 0.2) is 0 Å². The van der Waals surface area contributed by atoms with Gasteiger partial charge in [0.25, 0.3) is 0 Å². The quantitative estimate of drug-likeness (QED) is 0.345. The Bertz CT molecular complexity index is 278. The van der Waals surface area contributed by atoms with Crippen molar-refractivity contribution >= 4 is 13.1 Å². The van der Waals surface area contributed by atoms with Crippen LogP contribution in [0.1, 0.15) is 19.3 Å². The molecule has 7 heteroatoms. The zero-order valence-electron chi connectivity index (χ0n) is 11.1. The van der Waals surface area contributed by atoms with E-state index in [0.29, 0.717) is 19.3 Å². The molecule has 0 unspecified atom stereocenters. The lowest BCUT2D eigenvalue weighted by Crippen LogP contribution is -2.48. The molecule has 0 amide bonds. The Labute approximate surface area is 108 Å². The van der Waals surface area contributed by atoms with Gasteiger partial charge in [-0.1, -0.05) is 6.42 Å². The van der Waals surface area contributed by atoms with Gasteiger partial charge in [-0.2, -0.15) is 0 Å². The summed E-state index contributed by atoms with van der Waals surface area (Å²) in [5.41, 5.74) is -0.198. The minimum Gasteiger partial charge on any atom is -0.468 e. The van der Waals surface area contributed by atoms with Crippen LogP contribution in [0.5, 0.6) is 0 Å². The van der Waals surface area contributed by atoms with Gasteiger partial charge in [-0.15, -0.1) is 0 Å². The smallest absolute Gasteiger partial charge is 0.451 e. The van der Waals surface area contributed by atoms with Crippen molar-refractivity contribution in [1.29, 1.82) is 0 Å². The molecule has 0 aromatic rings. The highest BCUT2D eigenvalue weighted by molar-refractivity contribution is 6.40. The SMILES string of the molecule is CNC[C@@]1(CCCB(O)O)CCN[C@@H]1C(=O)OC. The molecule has 2 atom stereocenters. The Hall–Kier alpha value is -0.625. The molecule has 0 saturated carbocycles. The van der Waals surface area contributed by atoms with Crippen LogP contribution in [-0.2, 0) is 9.53 Å². The van der Waals surface area contributed by atoms with E-state index in [1.807, 2.05) is 7.05 Å². The van der Waals surface area contributed by atoms with Crippen molar-refractivity contribution < 1.29 is 19.6 Å². The molecule has 0 aliphatic carbocycles.